The number of thiophene rings is 6. The quantitative estimate of drug-likeness (QED) is 0.167. The van der Waals surface area contributed by atoms with Crippen molar-refractivity contribution in [2.24, 2.45) is 0 Å². The molecule has 0 aliphatic carbocycles. The second-order valence-corrected chi connectivity index (χ2v) is 42.5. The van der Waals surface area contributed by atoms with E-state index in [1.54, 1.807) is 0 Å². The fraction of sp³-hybridized carbons (Fsp3) is 0. The van der Waals surface area contributed by atoms with Crippen molar-refractivity contribution in [2.75, 3.05) is 0 Å². The molecule has 12 heterocycles. The third kappa shape index (κ3) is 11.2. The Hall–Kier alpha value is -16.3. The highest BCUT2D eigenvalue weighted by Gasteiger charge is 2.27. The Morgan fingerprint density at radius 1 is 0.145 bits per heavy atom. The maximum absolute atomic E-state index is 6.46. The van der Waals surface area contributed by atoms with Crippen LogP contribution >= 0.6 is 68.0 Å². The third-order valence-electron chi connectivity index (χ3n) is 28.8. The maximum Gasteiger partial charge on any atom is 0.143 e. The Morgan fingerprint density at radius 2 is 0.457 bits per heavy atom. The van der Waals surface area contributed by atoms with Gasteiger partial charge in [-0.15, -0.1) is 68.0 Å². The summed E-state index contributed by atoms with van der Waals surface area (Å²) >= 11 is 11.3. The molecule has 0 atom stereocenters. The van der Waals surface area contributed by atoms with Crippen molar-refractivity contribution in [3.8, 4) is 50.4 Å². The molecule has 0 saturated heterocycles. The van der Waals surface area contributed by atoms with Gasteiger partial charge in [0.15, 0.2) is 0 Å². The van der Waals surface area contributed by atoms with E-state index < -0.39 is 0 Å². The number of fused-ring (bicyclic) bond motifs is 38. The molecule has 21 aromatic carbocycles. The second-order valence-electron chi connectivity index (χ2n) is 36.1. The van der Waals surface area contributed by atoms with Gasteiger partial charge in [0.1, 0.15) is 33.5 Å². The molecule has 33 rings (SSSR count). The minimum Gasteiger partial charge on any atom is -0.455 e. The summed E-state index contributed by atoms with van der Waals surface area (Å²) in [6.45, 7) is 0. The number of aromatic nitrogens is 3. The lowest BCUT2D eigenvalue weighted by atomic mass is 10.00. The molecule has 6 nitrogen and oxygen atoms in total. The number of hydrogen-bond donors (Lipinski definition) is 0. The smallest absolute Gasteiger partial charge is 0.143 e. The lowest BCUT2D eigenvalue weighted by Gasteiger charge is -2.09. The van der Waals surface area contributed by atoms with Gasteiger partial charge in [0, 0.05) is 236 Å². The second kappa shape index (κ2) is 29.6. The van der Waals surface area contributed by atoms with Crippen LogP contribution in [0.25, 0.3) is 303 Å². The summed E-state index contributed by atoms with van der Waals surface area (Å²) < 4.78 is 42.5. The standard InChI is InChI=1S/3C42H23NOS2/c1-4-16-34-32(11-1)39-35(21-20-31-26-10-3-6-18-37(26)46-42(31)39)43(34)24-19-22-38-33(23-24)30-15-8-14-29(41(30)45-38)28-13-7-12-27-25-9-2-5-17-36(25)44-40(27)28;1-4-16-33-30(10-1)39-34(20-22-38-40(39)31-11-3-6-18-36(31)45-38)43(33)24-19-21-37-32(23-24)29-15-8-14-28(42(29)46-37)27-13-7-12-26-25-9-2-5-17-35(25)44-41(26)27;1-4-16-35-25(9-1)32-23-40-34(27-11-3-6-18-38(27)45-40)22-36(32)43(35)24-19-20-39-33(21-24)31-15-8-14-30(42(31)46-39)29-13-7-12-28-26-10-2-5-17-37(26)44-41(28)29/h3*1-23H. The molecule has 12 aromatic heterocycles. The minimum atomic E-state index is 0.928. The summed E-state index contributed by atoms with van der Waals surface area (Å²) in [5, 5.41) is 30.5. The number of nitrogens with zero attached hydrogens (tertiary/aromatic N) is 3. The van der Waals surface area contributed by atoms with Gasteiger partial charge in [-0.3, -0.25) is 0 Å². The van der Waals surface area contributed by atoms with Gasteiger partial charge in [0.25, 0.3) is 0 Å². The van der Waals surface area contributed by atoms with Gasteiger partial charge in [0.2, 0.25) is 0 Å². The number of para-hydroxylation sites is 9. The Kier molecular flexibility index (Phi) is 16.5. The molecule has 0 bridgehead atoms. The predicted molar refractivity (Wildman–Crippen MR) is 598 cm³/mol. The highest BCUT2D eigenvalue weighted by atomic mass is 32.1. The van der Waals surface area contributed by atoms with Gasteiger partial charge in [-0.05, 0) is 140 Å². The fourth-order valence-electron chi connectivity index (χ4n) is 22.8. The topological polar surface area (TPSA) is 54.2 Å². The lowest BCUT2D eigenvalue weighted by molar-refractivity contribution is 0.669. The van der Waals surface area contributed by atoms with Crippen LogP contribution in [0.1, 0.15) is 0 Å². The van der Waals surface area contributed by atoms with Crippen LogP contribution in [0, 0.1) is 0 Å². The van der Waals surface area contributed by atoms with E-state index in [1.165, 1.54) is 220 Å². The normalized spacial score (nSPS) is 12.3. The molecule has 0 aliphatic heterocycles. The summed E-state index contributed by atoms with van der Waals surface area (Å²) in [4.78, 5) is 0. The zero-order chi connectivity index (χ0) is 89.8. The molecule has 33 aromatic rings. The van der Waals surface area contributed by atoms with E-state index in [-0.39, 0.29) is 0 Å². The minimum absolute atomic E-state index is 0.928. The molecule has 0 N–H and O–H groups in total. The Labute approximate surface area is 809 Å². The average Bonchev–Trinajstić information content (AvgIpc) is 1.56. The maximum atomic E-state index is 6.46. The van der Waals surface area contributed by atoms with Gasteiger partial charge in [-0.1, -0.05) is 279 Å². The number of hydrogen-bond acceptors (Lipinski definition) is 9. The molecule has 0 amide bonds. The SMILES string of the molecule is c1ccc2c(c1)oc1c(-c3cccc4c3sc3ccc(-n5c6ccccc6c6c7c(ccc65)sc5ccccc57)cc34)cccc12.c1ccc2c(c1)oc1c(-c3cccc4c3sc3ccc(-n5c6ccccc6c6c7sc8ccccc8c7ccc65)cc34)cccc12.c1ccc2c(c1)oc1c(-c3cccc4c3sc3ccc(-n5c6ccccc6c6cc7sc8ccccc8c7cc65)cc34)cccc12. The monoisotopic (exact) mass is 1860 g/mol. The van der Waals surface area contributed by atoms with E-state index in [2.05, 4.69) is 414 Å². The molecular formula is C126H69N3O3S6. The van der Waals surface area contributed by atoms with Crippen LogP contribution < -0.4 is 0 Å². The van der Waals surface area contributed by atoms with Gasteiger partial charge in [-0.25, -0.2) is 0 Å². The van der Waals surface area contributed by atoms with Crippen LogP contribution in [0.15, 0.2) is 432 Å². The molecular weight excluding hydrogens is 1800 g/mol. The molecule has 0 radical (unpaired) electrons. The largest absolute Gasteiger partial charge is 0.455 e. The number of benzene rings is 21. The molecule has 12 heteroatoms. The summed E-state index contributed by atoms with van der Waals surface area (Å²) in [6.07, 6.45) is 0. The first-order chi connectivity index (χ1) is 68.4. The van der Waals surface area contributed by atoms with E-state index in [0.29, 0.717) is 0 Å². The van der Waals surface area contributed by atoms with Crippen molar-refractivity contribution in [1.29, 1.82) is 0 Å². The van der Waals surface area contributed by atoms with Crippen LogP contribution in [0.2, 0.25) is 0 Å². The highest BCUT2D eigenvalue weighted by molar-refractivity contribution is 7.28. The first-order valence-electron chi connectivity index (χ1n) is 46.5. The first-order valence-corrected chi connectivity index (χ1v) is 51.4. The zero-order valence-corrected chi connectivity index (χ0v) is 78.3. The van der Waals surface area contributed by atoms with Crippen molar-refractivity contribution < 1.29 is 13.3 Å². The van der Waals surface area contributed by atoms with Crippen molar-refractivity contribution >= 4 is 320 Å². The molecule has 0 unspecified atom stereocenters. The number of rotatable bonds is 6. The molecule has 0 saturated carbocycles. The van der Waals surface area contributed by atoms with E-state index in [0.717, 1.165) is 82.5 Å². The summed E-state index contributed by atoms with van der Waals surface area (Å²) in [7, 11) is 0. The zero-order valence-electron chi connectivity index (χ0n) is 73.4. The Bertz CT molecular complexity index is 10900. The van der Waals surface area contributed by atoms with Crippen molar-refractivity contribution in [1.82, 2.24) is 13.7 Å². The van der Waals surface area contributed by atoms with Crippen LogP contribution in [0.3, 0.4) is 0 Å². The van der Waals surface area contributed by atoms with E-state index in [9.17, 15) is 0 Å². The third-order valence-corrected chi connectivity index (χ3v) is 36.0. The predicted octanol–water partition coefficient (Wildman–Crippen LogP) is 39.3. The van der Waals surface area contributed by atoms with Crippen LogP contribution in [-0.2, 0) is 0 Å². The molecule has 642 valence electrons. The van der Waals surface area contributed by atoms with Crippen LogP contribution in [0.5, 0.6) is 0 Å². The van der Waals surface area contributed by atoms with Crippen LogP contribution in [0.4, 0.5) is 0 Å². The Balaban J connectivity index is 0.0000000959. The van der Waals surface area contributed by atoms with E-state index in [4.69, 9.17) is 13.3 Å². The van der Waals surface area contributed by atoms with E-state index in [1.807, 2.05) is 86.2 Å². The highest BCUT2D eigenvalue weighted by Crippen LogP contribution is 2.53. The summed E-state index contributed by atoms with van der Waals surface area (Å²) in [5.41, 5.74) is 23.7. The number of furan rings is 3. The summed E-state index contributed by atoms with van der Waals surface area (Å²) in [5.74, 6) is 0. The van der Waals surface area contributed by atoms with Gasteiger partial charge >= 0.3 is 0 Å². The molecule has 0 spiro atoms. The fourth-order valence-corrected chi connectivity index (χ4v) is 30.0. The van der Waals surface area contributed by atoms with Crippen molar-refractivity contribution in [3.05, 3.63) is 419 Å². The molecule has 0 aliphatic rings. The lowest BCUT2D eigenvalue weighted by Crippen LogP contribution is -1.93. The van der Waals surface area contributed by atoms with Gasteiger partial charge < -0.3 is 27.0 Å². The van der Waals surface area contributed by atoms with E-state index >= 15 is 0 Å². The van der Waals surface area contributed by atoms with Crippen molar-refractivity contribution in [3.63, 3.8) is 0 Å². The Morgan fingerprint density at radius 3 is 0.942 bits per heavy atom. The molecule has 138 heavy (non-hydrogen) atoms. The molecule has 0 fully saturated rings. The van der Waals surface area contributed by atoms with Gasteiger partial charge in [0.05, 0.1) is 33.1 Å². The summed E-state index contributed by atoms with van der Waals surface area (Å²) in [6, 6.07) is 153. The first kappa shape index (κ1) is 77.1. The van der Waals surface area contributed by atoms with Gasteiger partial charge in [-0.2, -0.15) is 0 Å². The van der Waals surface area contributed by atoms with Crippen LogP contribution in [-0.4, -0.2) is 13.7 Å². The average molecular weight is 1870 g/mol. The van der Waals surface area contributed by atoms with Crippen molar-refractivity contribution in [2.45, 2.75) is 0 Å².